The van der Waals surface area contributed by atoms with Crippen LogP contribution in [0.25, 0.3) is 11.0 Å². The Kier molecular flexibility index (Phi) is 9.98. The van der Waals surface area contributed by atoms with Crippen LogP contribution < -0.4 is 15.4 Å². The molecule has 0 unspecified atom stereocenters. The fourth-order valence-electron chi connectivity index (χ4n) is 6.64. The number of hydrogen-bond donors (Lipinski definition) is 5. The van der Waals surface area contributed by atoms with Gasteiger partial charge >= 0.3 is 12.1 Å². The summed E-state index contributed by atoms with van der Waals surface area (Å²) in [4.78, 5) is 53.8. The lowest BCUT2D eigenvalue weighted by Gasteiger charge is -2.24. The van der Waals surface area contributed by atoms with Crippen molar-refractivity contribution in [3.63, 3.8) is 0 Å². The number of para-hydroxylation sites is 2. The van der Waals surface area contributed by atoms with Crippen molar-refractivity contribution < 1.29 is 37.5 Å². The van der Waals surface area contributed by atoms with Gasteiger partial charge in [-0.1, -0.05) is 65.3 Å². The number of aromatic nitrogens is 2. The summed E-state index contributed by atoms with van der Waals surface area (Å²) in [5, 5.41) is 19.6. The Morgan fingerprint density at radius 3 is 2.49 bits per heavy atom. The lowest BCUT2D eigenvalue weighted by Crippen LogP contribution is -2.49. The van der Waals surface area contributed by atoms with E-state index in [1.165, 1.54) is 0 Å². The third kappa shape index (κ3) is 7.97. The van der Waals surface area contributed by atoms with Crippen LogP contribution in [-0.4, -0.2) is 89.4 Å². The molecule has 3 heterocycles. The third-order valence-corrected chi connectivity index (χ3v) is 10.7. The Morgan fingerprint density at radius 1 is 1.08 bits per heavy atom. The minimum absolute atomic E-state index is 0.0152. The summed E-state index contributed by atoms with van der Waals surface area (Å²) in [6.45, 7) is 4.97. The van der Waals surface area contributed by atoms with E-state index in [9.17, 15) is 27.9 Å². The van der Waals surface area contributed by atoms with E-state index in [1.54, 1.807) is 30.9 Å². The average Bonchev–Trinajstić information content (AvgIpc) is 3.80. The van der Waals surface area contributed by atoms with Gasteiger partial charge in [0.05, 0.1) is 28.5 Å². The number of ether oxygens (including phenoxy) is 1. The van der Waals surface area contributed by atoms with E-state index in [1.807, 2.05) is 61.5 Å². The van der Waals surface area contributed by atoms with Gasteiger partial charge < -0.3 is 30.3 Å². The van der Waals surface area contributed by atoms with Gasteiger partial charge in [0, 0.05) is 25.9 Å². The molecule has 1 saturated heterocycles. The van der Waals surface area contributed by atoms with Gasteiger partial charge in [-0.05, 0) is 49.6 Å². The van der Waals surface area contributed by atoms with E-state index in [4.69, 9.17) is 9.57 Å². The number of carbonyl (C=O) groups excluding carboxylic acids is 2. The molecule has 1 fully saturated rings. The minimum Gasteiger partial charge on any atom is -0.480 e. The molecule has 0 radical (unpaired) electrons. The monoisotopic (exact) mass is 717 g/mol. The number of aliphatic carboxylic acids is 1. The van der Waals surface area contributed by atoms with Crippen molar-refractivity contribution in [2.75, 3.05) is 25.0 Å². The molecule has 2 aliphatic rings. The van der Waals surface area contributed by atoms with Gasteiger partial charge in [-0.15, -0.1) is 0 Å². The molecule has 268 valence electrons. The van der Waals surface area contributed by atoms with Crippen molar-refractivity contribution in [1.82, 2.24) is 24.9 Å². The van der Waals surface area contributed by atoms with Gasteiger partial charge in [0.2, 0.25) is 16.0 Å². The second-order valence-electron chi connectivity index (χ2n) is 12.9. The molecule has 1 spiro atoms. The number of likely N-dealkylation sites (tertiary alicyclic amines) is 1. The zero-order chi connectivity index (χ0) is 36.3. The third-order valence-electron chi connectivity index (χ3n) is 8.88. The number of amides is 2. The molecule has 5 N–H and O–H groups in total. The predicted molar refractivity (Wildman–Crippen MR) is 188 cm³/mol. The Bertz CT molecular complexity index is 2050. The lowest BCUT2D eigenvalue weighted by atomic mass is 9.94. The standard InChI is InChI=1S/C35H39N7O8S/c1-21-13-22(2)30(23(3)14-21)51(47,48)41-29(32(44)45)18-36-31(43)28-16-35(50-40-28)15-25(17-37-33-38-26-11-7-8-12-27(26)39-33)42(20-35)34(46)49-19-24-9-5-4-6-10-24/h4-14,25,29,41H,15-20H2,1-3H3,(H,36,43)(H,44,45)(H2,37,38,39)/t25-,29-,35-/m0/s1. The zero-order valence-electron chi connectivity index (χ0n) is 28.3. The summed E-state index contributed by atoms with van der Waals surface area (Å²) >= 11 is 0. The normalized spacial score (nSPS) is 19.1. The summed E-state index contributed by atoms with van der Waals surface area (Å²) in [7, 11) is -4.24. The number of imidazole rings is 1. The number of anilines is 1. The number of fused-ring (bicyclic) bond motifs is 1. The highest BCUT2D eigenvalue weighted by Crippen LogP contribution is 2.38. The van der Waals surface area contributed by atoms with E-state index in [2.05, 4.69) is 30.5 Å². The van der Waals surface area contributed by atoms with E-state index in [-0.39, 0.29) is 36.7 Å². The number of rotatable bonds is 12. The molecular formula is C35H39N7O8S. The van der Waals surface area contributed by atoms with Gasteiger partial charge in [0.1, 0.15) is 18.4 Å². The Labute approximate surface area is 294 Å². The molecule has 3 atom stereocenters. The van der Waals surface area contributed by atoms with Crippen molar-refractivity contribution in [3.8, 4) is 0 Å². The number of oxime groups is 1. The van der Waals surface area contributed by atoms with Crippen LogP contribution in [0.5, 0.6) is 0 Å². The summed E-state index contributed by atoms with van der Waals surface area (Å²) in [6.07, 6.45) is -0.245. The van der Waals surface area contributed by atoms with Crippen LogP contribution in [0.2, 0.25) is 0 Å². The predicted octanol–water partition coefficient (Wildman–Crippen LogP) is 3.37. The molecule has 4 aromatic rings. The van der Waals surface area contributed by atoms with Crippen LogP contribution in [0, 0.1) is 20.8 Å². The highest BCUT2D eigenvalue weighted by atomic mass is 32.2. The number of nitrogens with one attached hydrogen (secondary N) is 4. The molecule has 2 amide bonds. The molecule has 15 nitrogen and oxygen atoms in total. The number of benzene rings is 3. The molecule has 3 aromatic carbocycles. The first-order chi connectivity index (χ1) is 24.3. The van der Waals surface area contributed by atoms with Crippen LogP contribution >= 0.6 is 0 Å². The lowest BCUT2D eigenvalue weighted by molar-refractivity contribution is -0.138. The first-order valence-corrected chi connectivity index (χ1v) is 17.8. The minimum atomic E-state index is -4.24. The molecule has 0 saturated carbocycles. The van der Waals surface area contributed by atoms with Gasteiger partial charge in [0.25, 0.3) is 5.91 Å². The first-order valence-electron chi connectivity index (χ1n) is 16.3. The molecular weight excluding hydrogens is 678 g/mol. The quantitative estimate of drug-likeness (QED) is 0.145. The van der Waals surface area contributed by atoms with E-state index >= 15 is 0 Å². The number of aryl methyl sites for hydroxylation is 3. The molecule has 16 heteroatoms. The number of carbonyl (C=O) groups is 3. The fourth-order valence-corrected chi connectivity index (χ4v) is 8.29. The van der Waals surface area contributed by atoms with Crippen molar-refractivity contribution >= 4 is 50.7 Å². The SMILES string of the molecule is Cc1cc(C)c(S(=O)(=O)N[C@@H](CNC(=O)C2=NO[C@]3(C2)C[C@@H](CNc2nc4ccccc4[nH]2)N(C(=O)OCc2ccccc2)C3)C(=O)O)c(C)c1. The maximum Gasteiger partial charge on any atom is 0.410 e. The van der Waals surface area contributed by atoms with E-state index < -0.39 is 52.2 Å². The van der Waals surface area contributed by atoms with Gasteiger partial charge in [-0.3, -0.25) is 14.5 Å². The molecule has 0 aliphatic carbocycles. The Hall–Kier alpha value is -5.48. The maximum absolute atomic E-state index is 13.4. The number of aromatic amines is 1. The zero-order valence-corrected chi connectivity index (χ0v) is 29.1. The average molecular weight is 718 g/mol. The van der Waals surface area contributed by atoms with Crippen LogP contribution in [0.3, 0.4) is 0 Å². The largest absolute Gasteiger partial charge is 0.480 e. The fraction of sp³-hybridized carbons (Fsp3) is 0.343. The number of nitrogens with zero attached hydrogens (tertiary/aromatic N) is 3. The molecule has 6 rings (SSSR count). The summed E-state index contributed by atoms with van der Waals surface area (Å²) in [5.74, 6) is -1.67. The van der Waals surface area contributed by atoms with E-state index in [0.717, 1.165) is 22.2 Å². The molecule has 2 aliphatic heterocycles. The van der Waals surface area contributed by atoms with Crippen molar-refractivity contribution in [2.45, 2.75) is 62.8 Å². The van der Waals surface area contributed by atoms with Gasteiger partial charge in [-0.25, -0.2) is 18.2 Å². The topological polar surface area (TPSA) is 204 Å². The number of H-pyrrole nitrogens is 1. The number of carboxylic acids is 1. The van der Waals surface area contributed by atoms with Crippen molar-refractivity contribution in [3.05, 3.63) is 89.0 Å². The maximum atomic E-state index is 13.4. The number of sulfonamides is 1. The molecule has 51 heavy (non-hydrogen) atoms. The molecule has 0 bridgehead atoms. The second kappa shape index (κ2) is 14.4. The smallest absolute Gasteiger partial charge is 0.410 e. The Morgan fingerprint density at radius 2 is 1.78 bits per heavy atom. The molecule has 1 aromatic heterocycles. The van der Waals surface area contributed by atoms with Crippen molar-refractivity contribution in [1.29, 1.82) is 0 Å². The van der Waals surface area contributed by atoms with Gasteiger partial charge in [0.15, 0.2) is 5.60 Å². The summed E-state index contributed by atoms with van der Waals surface area (Å²) < 4.78 is 34.3. The van der Waals surface area contributed by atoms with Crippen LogP contribution in [0.1, 0.15) is 35.1 Å². The van der Waals surface area contributed by atoms with Crippen LogP contribution in [0.15, 0.2) is 76.8 Å². The summed E-state index contributed by atoms with van der Waals surface area (Å²) in [5.41, 5.74) is 3.19. The highest BCUT2D eigenvalue weighted by Gasteiger charge is 2.53. The number of carboxylic acid groups (broad SMARTS) is 1. The Balaban J connectivity index is 1.11. The van der Waals surface area contributed by atoms with E-state index in [0.29, 0.717) is 23.5 Å². The first kappa shape index (κ1) is 35.3. The number of hydrogen-bond acceptors (Lipinski definition) is 10. The van der Waals surface area contributed by atoms with Crippen LogP contribution in [-0.2, 0) is 35.8 Å². The second-order valence-corrected chi connectivity index (χ2v) is 14.6. The van der Waals surface area contributed by atoms with Gasteiger partial charge in [-0.2, -0.15) is 4.72 Å². The summed E-state index contributed by atoms with van der Waals surface area (Å²) in [6, 6.07) is 18.1. The highest BCUT2D eigenvalue weighted by molar-refractivity contribution is 7.89. The van der Waals surface area contributed by atoms with Crippen LogP contribution in [0.4, 0.5) is 10.7 Å². The van der Waals surface area contributed by atoms with Crippen molar-refractivity contribution in [2.24, 2.45) is 5.16 Å².